The van der Waals surface area contributed by atoms with Gasteiger partial charge in [0.1, 0.15) is 28.2 Å². The molecule has 170 valence electrons. The van der Waals surface area contributed by atoms with Crippen LogP contribution in [0.5, 0.6) is 5.75 Å². The largest absolute Gasteiger partial charge is 0.493 e. The molecule has 2 atom stereocenters. The molecule has 1 unspecified atom stereocenters. The predicted octanol–water partition coefficient (Wildman–Crippen LogP) is 4.61. The van der Waals surface area contributed by atoms with Crippen LogP contribution < -0.4 is 10.1 Å². The van der Waals surface area contributed by atoms with E-state index >= 15 is 0 Å². The molecule has 0 saturated heterocycles. The lowest BCUT2D eigenvalue weighted by atomic mass is 9.86. The molecule has 0 saturated carbocycles. The van der Waals surface area contributed by atoms with E-state index in [0.29, 0.717) is 30.7 Å². The van der Waals surface area contributed by atoms with E-state index in [9.17, 15) is 18.0 Å². The Bertz CT molecular complexity index is 1060. The SMILES string of the molecule is CCCC(=O)N1N=C(c2cc(F)ccc2F)S[C@@]12c1cc(F)ccc1OCC2CCNC. The van der Waals surface area contributed by atoms with Crippen molar-refractivity contribution in [1.29, 1.82) is 0 Å². The number of carbonyl (C=O) groups is 1. The molecule has 0 aliphatic carbocycles. The molecule has 0 aromatic heterocycles. The van der Waals surface area contributed by atoms with Crippen LogP contribution in [0.4, 0.5) is 13.2 Å². The van der Waals surface area contributed by atoms with E-state index in [1.165, 1.54) is 23.2 Å². The summed E-state index contributed by atoms with van der Waals surface area (Å²) in [7, 11) is 1.82. The summed E-state index contributed by atoms with van der Waals surface area (Å²) in [5, 5.41) is 9.12. The van der Waals surface area contributed by atoms with Gasteiger partial charge in [-0.1, -0.05) is 18.7 Å². The number of fused-ring (bicyclic) bond motifs is 2. The van der Waals surface area contributed by atoms with Crippen molar-refractivity contribution >= 4 is 22.7 Å². The lowest BCUT2D eigenvalue weighted by Crippen LogP contribution is -2.51. The van der Waals surface area contributed by atoms with Crippen LogP contribution in [0.2, 0.25) is 0 Å². The maximum atomic E-state index is 14.7. The van der Waals surface area contributed by atoms with Gasteiger partial charge < -0.3 is 10.1 Å². The zero-order valence-corrected chi connectivity index (χ0v) is 18.6. The number of thioether (sulfide) groups is 1. The first-order chi connectivity index (χ1) is 15.4. The van der Waals surface area contributed by atoms with Gasteiger partial charge in [-0.3, -0.25) is 4.79 Å². The minimum absolute atomic E-state index is 0.0296. The molecule has 1 N–H and O–H groups in total. The lowest BCUT2D eigenvalue weighted by molar-refractivity contribution is -0.137. The number of nitrogens with one attached hydrogen (secondary N) is 1. The number of ether oxygens (including phenoxy) is 1. The number of carbonyl (C=O) groups excluding carboxylic acids is 1. The highest BCUT2D eigenvalue weighted by atomic mass is 32.2. The molecule has 0 bridgehead atoms. The summed E-state index contributed by atoms with van der Waals surface area (Å²) in [6.45, 7) is 2.78. The number of hydrogen-bond donors (Lipinski definition) is 1. The van der Waals surface area contributed by atoms with Crippen molar-refractivity contribution in [3.05, 3.63) is 65.0 Å². The van der Waals surface area contributed by atoms with E-state index < -0.39 is 22.3 Å². The van der Waals surface area contributed by atoms with Crippen molar-refractivity contribution in [3.63, 3.8) is 0 Å². The fourth-order valence-electron chi connectivity index (χ4n) is 4.16. The number of amides is 1. The Labute approximate surface area is 189 Å². The van der Waals surface area contributed by atoms with Crippen LogP contribution in [-0.4, -0.2) is 36.2 Å². The van der Waals surface area contributed by atoms with E-state index in [4.69, 9.17) is 4.74 Å². The molecule has 0 radical (unpaired) electrons. The first kappa shape index (κ1) is 22.7. The third kappa shape index (κ3) is 3.88. The van der Waals surface area contributed by atoms with Gasteiger partial charge in [-0.25, -0.2) is 18.2 Å². The minimum atomic E-state index is -1.13. The summed E-state index contributed by atoms with van der Waals surface area (Å²) in [5.74, 6) is -1.82. The van der Waals surface area contributed by atoms with Crippen LogP contribution in [0.25, 0.3) is 0 Å². The molecule has 2 aliphatic rings. The molecule has 1 amide bonds. The number of hydrogen-bond acceptors (Lipinski definition) is 5. The lowest BCUT2D eigenvalue weighted by Gasteiger charge is -2.45. The Morgan fingerprint density at radius 1 is 1.25 bits per heavy atom. The fourth-order valence-corrected chi connectivity index (χ4v) is 5.70. The Kier molecular flexibility index (Phi) is 6.48. The normalized spacial score (nSPS) is 22.0. The quantitative estimate of drug-likeness (QED) is 0.680. The smallest absolute Gasteiger partial charge is 0.244 e. The zero-order valence-electron chi connectivity index (χ0n) is 17.8. The average molecular weight is 464 g/mol. The van der Waals surface area contributed by atoms with E-state index in [1.807, 2.05) is 14.0 Å². The summed E-state index contributed by atoms with van der Waals surface area (Å²) in [5.41, 5.74) is 0.438. The Hall–Kier alpha value is -2.52. The van der Waals surface area contributed by atoms with Crippen molar-refractivity contribution < 1.29 is 22.7 Å². The highest BCUT2D eigenvalue weighted by Gasteiger charge is 2.57. The van der Waals surface area contributed by atoms with Gasteiger partial charge in [0.2, 0.25) is 5.91 Å². The van der Waals surface area contributed by atoms with Crippen molar-refractivity contribution in [2.75, 3.05) is 20.2 Å². The van der Waals surface area contributed by atoms with Gasteiger partial charge in [0, 0.05) is 23.5 Å². The van der Waals surface area contributed by atoms with Crippen molar-refractivity contribution in [1.82, 2.24) is 10.3 Å². The summed E-state index contributed by atoms with van der Waals surface area (Å²) in [6, 6.07) is 7.31. The van der Waals surface area contributed by atoms with Gasteiger partial charge in [0.25, 0.3) is 0 Å². The van der Waals surface area contributed by atoms with Gasteiger partial charge in [0.15, 0.2) is 4.87 Å². The Balaban J connectivity index is 1.91. The van der Waals surface area contributed by atoms with Gasteiger partial charge in [-0.2, -0.15) is 5.10 Å². The van der Waals surface area contributed by atoms with Gasteiger partial charge >= 0.3 is 0 Å². The summed E-state index contributed by atoms with van der Waals surface area (Å²) >= 11 is 1.16. The molecule has 32 heavy (non-hydrogen) atoms. The van der Waals surface area contributed by atoms with Crippen LogP contribution >= 0.6 is 11.8 Å². The number of halogens is 3. The molecule has 2 aromatic carbocycles. The van der Waals surface area contributed by atoms with Crippen LogP contribution in [0, 0.1) is 23.4 Å². The highest BCUT2D eigenvalue weighted by molar-refractivity contribution is 8.15. The molecular formula is C23H24F3N3O2S. The molecule has 2 aliphatic heterocycles. The summed E-state index contributed by atoms with van der Waals surface area (Å²) in [6.07, 6.45) is 1.40. The standard InChI is InChI=1S/C23H24F3N3O2S/c1-3-4-21(30)29-23(32-22(28-29)17-11-15(24)5-7-19(17)26)14(9-10-27-2)13-31-20-8-6-16(25)12-18(20)23/h5-8,11-12,14,27H,3-4,9-10,13H2,1-2H3/t14?,23-/m0/s1. The van der Waals surface area contributed by atoms with Crippen LogP contribution in [0.3, 0.4) is 0 Å². The Morgan fingerprint density at radius 2 is 2.00 bits per heavy atom. The first-order valence-corrected chi connectivity index (χ1v) is 11.4. The van der Waals surface area contributed by atoms with Crippen LogP contribution in [-0.2, 0) is 9.67 Å². The van der Waals surface area contributed by atoms with Crippen molar-refractivity contribution in [2.24, 2.45) is 11.0 Å². The van der Waals surface area contributed by atoms with Crippen molar-refractivity contribution in [2.45, 2.75) is 31.1 Å². The van der Waals surface area contributed by atoms with Crippen molar-refractivity contribution in [3.8, 4) is 5.75 Å². The average Bonchev–Trinajstić information content (AvgIpc) is 3.17. The molecule has 0 fully saturated rings. The molecule has 2 aromatic rings. The topological polar surface area (TPSA) is 53.9 Å². The van der Waals surface area contributed by atoms with Crippen LogP contribution in [0.15, 0.2) is 41.5 Å². The van der Waals surface area contributed by atoms with E-state index in [2.05, 4.69) is 10.4 Å². The molecule has 2 heterocycles. The maximum absolute atomic E-state index is 14.7. The maximum Gasteiger partial charge on any atom is 0.244 e. The monoisotopic (exact) mass is 463 g/mol. The second kappa shape index (κ2) is 9.15. The van der Waals surface area contributed by atoms with Crippen LogP contribution in [0.1, 0.15) is 37.3 Å². The first-order valence-electron chi connectivity index (χ1n) is 10.5. The Morgan fingerprint density at radius 3 is 2.75 bits per heavy atom. The molecular weight excluding hydrogens is 439 g/mol. The van der Waals surface area contributed by atoms with Gasteiger partial charge in [-0.15, -0.1) is 0 Å². The summed E-state index contributed by atoms with van der Waals surface area (Å²) in [4.78, 5) is 12.1. The van der Waals surface area contributed by atoms with Gasteiger partial charge in [-0.05, 0) is 62.8 Å². The fraction of sp³-hybridized carbons (Fsp3) is 0.391. The van der Waals surface area contributed by atoms with E-state index in [1.54, 1.807) is 0 Å². The second-order valence-electron chi connectivity index (χ2n) is 7.82. The highest BCUT2D eigenvalue weighted by Crippen LogP contribution is 2.57. The third-order valence-corrected chi connectivity index (χ3v) is 7.21. The molecule has 9 heteroatoms. The predicted molar refractivity (Wildman–Crippen MR) is 118 cm³/mol. The molecule has 4 rings (SSSR count). The molecule has 1 spiro atoms. The number of hydrazone groups is 1. The van der Waals surface area contributed by atoms with E-state index in [-0.39, 0.29) is 35.5 Å². The van der Waals surface area contributed by atoms with Gasteiger partial charge in [0.05, 0.1) is 6.61 Å². The number of rotatable bonds is 6. The minimum Gasteiger partial charge on any atom is -0.493 e. The summed E-state index contributed by atoms with van der Waals surface area (Å²) < 4.78 is 48.9. The number of benzene rings is 2. The van der Waals surface area contributed by atoms with E-state index in [0.717, 1.165) is 30.0 Å². The zero-order chi connectivity index (χ0) is 22.9. The second-order valence-corrected chi connectivity index (χ2v) is 9.04. The number of nitrogens with zero attached hydrogens (tertiary/aromatic N) is 2. The molecule has 5 nitrogen and oxygen atoms in total. The third-order valence-electron chi connectivity index (χ3n) is 5.68.